The first-order valence-electron chi connectivity index (χ1n) is 8.00. The number of carboxylic acids is 2. The number of aromatic carboxylic acids is 2. The lowest BCUT2D eigenvalue weighted by molar-refractivity contribution is 0.0688. The summed E-state index contributed by atoms with van der Waals surface area (Å²) in [5, 5.41) is 37.5. The molecule has 0 atom stereocenters. The minimum Gasteiger partial charge on any atom is -0.506 e. The molecule has 0 amide bonds. The zero-order valence-corrected chi connectivity index (χ0v) is 14.3. The van der Waals surface area contributed by atoms with Crippen molar-refractivity contribution in [2.45, 2.75) is 0 Å². The first kappa shape index (κ1) is 18.6. The predicted octanol–water partition coefficient (Wildman–Crippen LogP) is 3.28. The van der Waals surface area contributed by atoms with Crippen molar-refractivity contribution < 1.29 is 30.0 Å². The van der Waals surface area contributed by atoms with Crippen LogP contribution in [0.1, 0.15) is 20.7 Å². The summed E-state index contributed by atoms with van der Waals surface area (Å²) >= 11 is 0. The van der Waals surface area contributed by atoms with Gasteiger partial charge in [-0.1, -0.05) is 12.1 Å². The summed E-state index contributed by atoms with van der Waals surface area (Å²) in [6, 6.07) is 11.9. The van der Waals surface area contributed by atoms with E-state index in [0.717, 1.165) is 0 Å². The summed E-state index contributed by atoms with van der Waals surface area (Å²) < 4.78 is 0. The second-order valence-electron chi connectivity index (χ2n) is 5.67. The minimum absolute atomic E-state index is 0.00870. The van der Waals surface area contributed by atoms with E-state index in [1.165, 1.54) is 36.7 Å². The molecule has 0 unspecified atom stereocenters. The lowest BCUT2D eigenvalue weighted by atomic mass is 10.1. The van der Waals surface area contributed by atoms with Crippen LogP contribution in [0.5, 0.6) is 11.5 Å². The molecule has 2 aromatic heterocycles. The van der Waals surface area contributed by atoms with Crippen LogP contribution in [-0.4, -0.2) is 42.3 Å². The van der Waals surface area contributed by atoms with Crippen LogP contribution in [-0.2, 0) is 0 Å². The third-order valence-corrected chi connectivity index (χ3v) is 3.96. The number of hydrogen-bond donors (Lipinski definition) is 4. The molecule has 0 aliphatic heterocycles. The second-order valence-corrected chi connectivity index (χ2v) is 5.67. The smallest absolute Gasteiger partial charge is 0.336 e. The molecule has 140 valence electrons. The number of fused-ring (bicyclic) bond motifs is 2. The Hall–Kier alpha value is -4.20. The monoisotopic (exact) mass is 378 g/mol. The average molecular weight is 378 g/mol. The number of pyridine rings is 2. The topological polar surface area (TPSA) is 141 Å². The molecule has 0 fully saturated rings. The average Bonchev–Trinajstić information content (AvgIpc) is 2.69. The van der Waals surface area contributed by atoms with Gasteiger partial charge in [0.2, 0.25) is 0 Å². The van der Waals surface area contributed by atoms with E-state index in [9.17, 15) is 19.8 Å². The number of phenolic OH excluding ortho intramolecular Hbond substituents is 2. The van der Waals surface area contributed by atoms with Crippen molar-refractivity contribution in [1.82, 2.24) is 9.97 Å². The van der Waals surface area contributed by atoms with Gasteiger partial charge in [-0.05, 0) is 36.4 Å². The summed E-state index contributed by atoms with van der Waals surface area (Å²) in [4.78, 5) is 29.5. The summed E-state index contributed by atoms with van der Waals surface area (Å²) in [7, 11) is 0. The van der Waals surface area contributed by atoms with Crippen molar-refractivity contribution in [3.05, 3.63) is 72.1 Å². The number of carbonyl (C=O) groups is 2. The van der Waals surface area contributed by atoms with Crippen LogP contribution in [0, 0.1) is 0 Å². The van der Waals surface area contributed by atoms with Crippen LogP contribution < -0.4 is 0 Å². The van der Waals surface area contributed by atoms with E-state index in [1.807, 2.05) is 0 Å². The van der Waals surface area contributed by atoms with Gasteiger partial charge in [0.1, 0.15) is 22.5 Å². The lowest BCUT2D eigenvalue weighted by Gasteiger charge is -2.02. The summed E-state index contributed by atoms with van der Waals surface area (Å²) in [6.45, 7) is 0. The van der Waals surface area contributed by atoms with Crippen molar-refractivity contribution in [1.29, 1.82) is 0 Å². The number of benzene rings is 2. The molecule has 0 aliphatic rings. The number of aromatic hydroxyl groups is 2. The van der Waals surface area contributed by atoms with Crippen LogP contribution >= 0.6 is 0 Å². The van der Waals surface area contributed by atoms with Crippen LogP contribution in [0.25, 0.3) is 21.8 Å². The van der Waals surface area contributed by atoms with Gasteiger partial charge in [0.15, 0.2) is 0 Å². The molecule has 4 aromatic rings. The van der Waals surface area contributed by atoms with Gasteiger partial charge in [0.05, 0.1) is 11.1 Å². The van der Waals surface area contributed by atoms with Crippen molar-refractivity contribution >= 4 is 33.7 Å². The van der Waals surface area contributed by atoms with Crippen LogP contribution in [0.2, 0.25) is 0 Å². The maximum Gasteiger partial charge on any atom is 0.336 e. The van der Waals surface area contributed by atoms with Gasteiger partial charge in [-0.25, -0.2) is 9.59 Å². The van der Waals surface area contributed by atoms with Crippen molar-refractivity contribution in [3.63, 3.8) is 0 Å². The van der Waals surface area contributed by atoms with E-state index < -0.39 is 11.9 Å². The van der Waals surface area contributed by atoms with Crippen molar-refractivity contribution in [2.24, 2.45) is 0 Å². The number of carboxylic acid groups (broad SMARTS) is 2. The standard InChI is InChI=1S/2C10H7NO3/c2*12-8-4-3-7(10(13)14)6-2-1-5-11-9(6)8/h2*1-5,12H,(H,13,14). The van der Waals surface area contributed by atoms with Gasteiger partial charge >= 0.3 is 11.9 Å². The number of phenols is 2. The van der Waals surface area contributed by atoms with Crippen LogP contribution in [0.4, 0.5) is 0 Å². The van der Waals surface area contributed by atoms with Gasteiger partial charge in [-0.3, -0.25) is 9.97 Å². The zero-order chi connectivity index (χ0) is 20.3. The Balaban J connectivity index is 0.000000161. The number of aromatic nitrogens is 2. The quantitative estimate of drug-likeness (QED) is 0.416. The largest absolute Gasteiger partial charge is 0.506 e. The first-order chi connectivity index (χ1) is 13.4. The van der Waals surface area contributed by atoms with Gasteiger partial charge in [0.25, 0.3) is 0 Å². The third-order valence-electron chi connectivity index (χ3n) is 3.96. The Morgan fingerprint density at radius 2 is 1.04 bits per heavy atom. The summed E-state index contributed by atoms with van der Waals surface area (Å²) in [6.07, 6.45) is 3.02. The molecule has 28 heavy (non-hydrogen) atoms. The molecule has 8 nitrogen and oxygen atoms in total. The molecule has 0 saturated heterocycles. The van der Waals surface area contributed by atoms with Gasteiger partial charge in [0, 0.05) is 23.2 Å². The Kier molecular flexibility index (Phi) is 5.03. The molecule has 8 heteroatoms. The highest BCUT2D eigenvalue weighted by Crippen LogP contribution is 2.26. The molecule has 0 aliphatic carbocycles. The van der Waals surface area contributed by atoms with Gasteiger partial charge in [-0.15, -0.1) is 0 Å². The van der Waals surface area contributed by atoms with E-state index in [-0.39, 0.29) is 22.6 Å². The molecule has 2 heterocycles. The molecule has 0 radical (unpaired) electrons. The highest BCUT2D eigenvalue weighted by molar-refractivity contribution is 6.04. The first-order valence-corrected chi connectivity index (χ1v) is 8.00. The third kappa shape index (κ3) is 3.51. The molecule has 0 bridgehead atoms. The van der Waals surface area contributed by atoms with Crippen molar-refractivity contribution in [3.8, 4) is 11.5 Å². The SMILES string of the molecule is O=C(O)c1ccc(O)c2ncccc12.O=C(O)c1ccc(O)c2ncccc12. The normalized spacial score (nSPS) is 10.3. The van der Waals surface area contributed by atoms with Crippen molar-refractivity contribution in [2.75, 3.05) is 0 Å². The molecule has 2 aromatic carbocycles. The van der Waals surface area contributed by atoms with Gasteiger partial charge in [-0.2, -0.15) is 0 Å². The fourth-order valence-electron chi connectivity index (χ4n) is 2.69. The Morgan fingerprint density at radius 3 is 1.39 bits per heavy atom. The molecule has 0 saturated carbocycles. The van der Waals surface area contributed by atoms with E-state index in [0.29, 0.717) is 21.8 Å². The number of rotatable bonds is 2. The second kappa shape index (κ2) is 7.58. The summed E-state index contributed by atoms with van der Waals surface area (Å²) in [5.74, 6) is -2.07. The fraction of sp³-hybridized carbons (Fsp3) is 0. The molecular formula is C20H14N2O6. The highest BCUT2D eigenvalue weighted by Gasteiger charge is 2.11. The maximum absolute atomic E-state index is 10.8. The molecule has 4 N–H and O–H groups in total. The Bertz CT molecular complexity index is 1110. The van der Waals surface area contributed by atoms with E-state index in [1.54, 1.807) is 24.3 Å². The zero-order valence-electron chi connectivity index (χ0n) is 14.3. The van der Waals surface area contributed by atoms with Gasteiger partial charge < -0.3 is 20.4 Å². The highest BCUT2D eigenvalue weighted by atomic mass is 16.4. The lowest BCUT2D eigenvalue weighted by Crippen LogP contribution is -1.97. The number of nitrogens with zero attached hydrogens (tertiary/aromatic N) is 2. The predicted molar refractivity (Wildman–Crippen MR) is 101 cm³/mol. The molecule has 0 spiro atoms. The van der Waals surface area contributed by atoms with E-state index in [2.05, 4.69) is 9.97 Å². The molecular weight excluding hydrogens is 364 g/mol. The van der Waals surface area contributed by atoms with E-state index in [4.69, 9.17) is 10.2 Å². The number of hydrogen-bond acceptors (Lipinski definition) is 6. The Morgan fingerprint density at radius 1 is 0.643 bits per heavy atom. The maximum atomic E-state index is 10.8. The minimum atomic E-state index is -1.02. The van der Waals surface area contributed by atoms with E-state index >= 15 is 0 Å². The molecule has 4 rings (SSSR count). The van der Waals surface area contributed by atoms with Crippen LogP contribution in [0.15, 0.2) is 60.9 Å². The fourth-order valence-corrected chi connectivity index (χ4v) is 2.69. The Labute approximate surface area is 158 Å². The summed E-state index contributed by atoms with van der Waals surface area (Å²) in [5.41, 5.74) is 0.914. The van der Waals surface area contributed by atoms with Crippen LogP contribution in [0.3, 0.4) is 0 Å².